The first-order chi connectivity index (χ1) is 8.59. The van der Waals surface area contributed by atoms with E-state index in [2.05, 4.69) is 0 Å². The number of hydrogen-bond acceptors (Lipinski definition) is 6. The predicted octanol–water partition coefficient (Wildman–Crippen LogP) is -0.785. The van der Waals surface area contributed by atoms with E-state index in [0.717, 1.165) is 12.5 Å². The third-order valence-corrected chi connectivity index (χ3v) is 8.12. The van der Waals surface area contributed by atoms with Gasteiger partial charge in [0.2, 0.25) is 4.08 Å². The van der Waals surface area contributed by atoms with Crippen LogP contribution in [0.5, 0.6) is 0 Å². The third kappa shape index (κ3) is 2.53. The van der Waals surface area contributed by atoms with Gasteiger partial charge in [-0.05, 0) is 5.56 Å². The Labute approximate surface area is 113 Å². The van der Waals surface area contributed by atoms with E-state index in [0.29, 0.717) is 0 Å². The van der Waals surface area contributed by atoms with Crippen molar-refractivity contribution in [2.45, 2.75) is 10.1 Å². The fraction of sp³-hybridized carbons (Fsp3) is 0.455. The highest BCUT2D eigenvalue weighted by Crippen LogP contribution is 2.37. The highest BCUT2D eigenvalue weighted by atomic mass is 32.3. The van der Waals surface area contributed by atoms with E-state index >= 15 is 0 Å². The molecule has 0 amide bonds. The average molecular weight is 306 g/mol. The molecular formula is C11H18N2O4S2. The van der Waals surface area contributed by atoms with Gasteiger partial charge in [0.15, 0.2) is 19.7 Å². The van der Waals surface area contributed by atoms with Crippen LogP contribution in [0.25, 0.3) is 0 Å². The van der Waals surface area contributed by atoms with E-state index in [1.807, 2.05) is 0 Å². The first kappa shape index (κ1) is 16.1. The Morgan fingerprint density at radius 2 is 1.47 bits per heavy atom. The molecule has 1 aromatic rings. The normalized spacial score (nSPS) is 15.2. The lowest BCUT2D eigenvalue weighted by molar-refractivity contribution is 0.507. The first-order valence-corrected chi connectivity index (χ1v) is 9.27. The zero-order chi connectivity index (χ0) is 14.9. The standard InChI is InChI=1S/C11H18N2O4S2/c1-18(14,15)11(10(13)8-12,19(2,16)17)9-6-4-3-5-7-9/h3-7,10H,8,12-13H2,1-2H3. The van der Waals surface area contributed by atoms with E-state index < -0.39 is 29.8 Å². The van der Waals surface area contributed by atoms with Gasteiger partial charge in [-0.3, -0.25) is 0 Å². The smallest absolute Gasteiger partial charge is 0.213 e. The van der Waals surface area contributed by atoms with Crippen LogP contribution in [0.3, 0.4) is 0 Å². The maximum absolute atomic E-state index is 12.2. The van der Waals surface area contributed by atoms with Crippen LogP contribution in [0.2, 0.25) is 0 Å². The quantitative estimate of drug-likeness (QED) is 0.736. The minimum absolute atomic E-state index is 0.109. The van der Waals surface area contributed by atoms with Crippen molar-refractivity contribution in [3.8, 4) is 0 Å². The molecule has 0 aliphatic rings. The Morgan fingerprint density at radius 3 is 1.79 bits per heavy atom. The summed E-state index contributed by atoms with van der Waals surface area (Å²) in [5, 5.41) is 0. The predicted molar refractivity (Wildman–Crippen MR) is 74.8 cm³/mol. The zero-order valence-electron chi connectivity index (χ0n) is 10.8. The van der Waals surface area contributed by atoms with Gasteiger partial charge in [0.05, 0.1) is 6.04 Å². The Balaban J connectivity index is 3.86. The second kappa shape index (κ2) is 5.20. The Morgan fingerprint density at radius 1 is 1.05 bits per heavy atom. The second-order valence-corrected chi connectivity index (χ2v) is 9.06. The molecule has 0 aliphatic carbocycles. The van der Waals surface area contributed by atoms with Gasteiger partial charge < -0.3 is 11.5 Å². The highest BCUT2D eigenvalue weighted by molar-refractivity contribution is 8.09. The molecule has 0 radical (unpaired) electrons. The van der Waals surface area contributed by atoms with Gasteiger partial charge in [-0.15, -0.1) is 0 Å². The monoisotopic (exact) mass is 306 g/mol. The molecule has 19 heavy (non-hydrogen) atoms. The molecule has 1 unspecified atom stereocenters. The Hall–Kier alpha value is -0.960. The van der Waals surface area contributed by atoms with Gasteiger partial charge in [0.1, 0.15) is 0 Å². The van der Waals surface area contributed by atoms with Gasteiger partial charge in [0, 0.05) is 19.1 Å². The van der Waals surface area contributed by atoms with Gasteiger partial charge in [0.25, 0.3) is 0 Å². The van der Waals surface area contributed by atoms with E-state index in [4.69, 9.17) is 11.5 Å². The van der Waals surface area contributed by atoms with Crippen LogP contribution >= 0.6 is 0 Å². The minimum Gasteiger partial charge on any atom is -0.329 e. The minimum atomic E-state index is -4.04. The van der Waals surface area contributed by atoms with E-state index in [1.54, 1.807) is 18.2 Å². The summed E-state index contributed by atoms with van der Waals surface area (Å²) in [5.41, 5.74) is 11.3. The molecule has 1 aromatic carbocycles. The second-order valence-electron chi connectivity index (χ2n) is 4.42. The fourth-order valence-electron chi connectivity index (χ4n) is 2.29. The van der Waals surface area contributed by atoms with Crippen LogP contribution in [-0.4, -0.2) is 41.9 Å². The summed E-state index contributed by atoms with van der Waals surface area (Å²) in [7, 11) is -8.08. The summed E-state index contributed by atoms with van der Waals surface area (Å²) in [6, 6.07) is 6.38. The molecular weight excluding hydrogens is 288 g/mol. The molecule has 0 saturated carbocycles. The van der Waals surface area contributed by atoms with Crippen LogP contribution < -0.4 is 11.5 Å². The lowest BCUT2D eigenvalue weighted by atomic mass is 10.1. The molecule has 108 valence electrons. The first-order valence-electron chi connectivity index (χ1n) is 5.49. The van der Waals surface area contributed by atoms with E-state index in [1.165, 1.54) is 12.1 Å². The topological polar surface area (TPSA) is 120 Å². The van der Waals surface area contributed by atoms with E-state index in [-0.39, 0.29) is 12.1 Å². The molecule has 8 heteroatoms. The van der Waals surface area contributed by atoms with Gasteiger partial charge in [-0.1, -0.05) is 30.3 Å². The van der Waals surface area contributed by atoms with Crippen LogP contribution in [-0.2, 0) is 23.8 Å². The number of rotatable bonds is 5. The summed E-state index contributed by atoms with van der Waals surface area (Å²) in [6.45, 7) is -0.269. The third-order valence-electron chi connectivity index (χ3n) is 3.02. The van der Waals surface area contributed by atoms with Gasteiger partial charge >= 0.3 is 0 Å². The van der Waals surface area contributed by atoms with Crippen molar-refractivity contribution < 1.29 is 16.8 Å². The lowest BCUT2D eigenvalue weighted by Crippen LogP contribution is -2.58. The maximum Gasteiger partial charge on any atom is 0.213 e. The molecule has 0 aromatic heterocycles. The summed E-state index contributed by atoms with van der Waals surface area (Å²) in [5.74, 6) is 0. The van der Waals surface area contributed by atoms with Gasteiger partial charge in [-0.25, -0.2) is 16.8 Å². The number of sulfone groups is 2. The lowest BCUT2D eigenvalue weighted by Gasteiger charge is -2.35. The Kier molecular flexibility index (Phi) is 4.40. The molecule has 0 fully saturated rings. The summed E-state index contributed by atoms with van der Waals surface area (Å²) < 4.78 is 46.5. The molecule has 1 atom stereocenters. The van der Waals surface area contributed by atoms with Crippen molar-refractivity contribution in [2.24, 2.45) is 11.5 Å². The van der Waals surface area contributed by atoms with Crippen molar-refractivity contribution in [2.75, 3.05) is 19.1 Å². The highest BCUT2D eigenvalue weighted by Gasteiger charge is 2.56. The molecule has 0 spiro atoms. The van der Waals surface area contributed by atoms with Crippen LogP contribution in [0.15, 0.2) is 30.3 Å². The maximum atomic E-state index is 12.2. The summed E-state index contributed by atoms with van der Waals surface area (Å²) in [4.78, 5) is 0. The SMILES string of the molecule is CS(=O)(=O)C(c1ccccc1)(C(N)CN)S(C)(=O)=O. The van der Waals surface area contributed by atoms with Crippen LogP contribution in [0, 0.1) is 0 Å². The average Bonchev–Trinajstić information content (AvgIpc) is 2.27. The number of benzene rings is 1. The molecule has 0 saturated heterocycles. The fourth-order valence-corrected chi connectivity index (χ4v) is 6.91. The molecule has 6 nitrogen and oxygen atoms in total. The van der Waals surface area contributed by atoms with Crippen molar-refractivity contribution >= 4 is 19.7 Å². The summed E-state index contributed by atoms with van der Waals surface area (Å²) in [6.07, 6.45) is 1.72. The molecule has 4 N–H and O–H groups in total. The molecule has 1 rings (SSSR count). The molecule has 0 heterocycles. The molecule has 0 aliphatic heterocycles. The largest absolute Gasteiger partial charge is 0.329 e. The zero-order valence-corrected chi connectivity index (χ0v) is 12.4. The Bertz CT molecular complexity index is 607. The van der Waals surface area contributed by atoms with Crippen molar-refractivity contribution in [3.63, 3.8) is 0 Å². The van der Waals surface area contributed by atoms with Crippen LogP contribution in [0.1, 0.15) is 5.56 Å². The van der Waals surface area contributed by atoms with Crippen molar-refractivity contribution in [3.05, 3.63) is 35.9 Å². The van der Waals surface area contributed by atoms with Crippen LogP contribution in [0.4, 0.5) is 0 Å². The number of nitrogens with two attached hydrogens (primary N) is 2. The van der Waals surface area contributed by atoms with Gasteiger partial charge in [-0.2, -0.15) is 0 Å². The summed E-state index contributed by atoms with van der Waals surface area (Å²) >= 11 is 0. The number of hydrogen-bond donors (Lipinski definition) is 2. The van der Waals surface area contributed by atoms with Crippen molar-refractivity contribution in [1.82, 2.24) is 0 Å². The van der Waals surface area contributed by atoms with Crippen molar-refractivity contribution in [1.29, 1.82) is 0 Å². The molecule has 0 bridgehead atoms. The van der Waals surface area contributed by atoms with E-state index in [9.17, 15) is 16.8 Å².